The summed E-state index contributed by atoms with van der Waals surface area (Å²) >= 11 is 7.21. The van der Waals surface area contributed by atoms with Gasteiger partial charge in [0.05, 0.1) is 34.5 Å². The minimum absolute atomic E-state index is 0.0371. The number of fused-ring (bicyclic) bond motifs is 1. The van der Waals surface area contributed by atoms with Crippen LogP contribution in [0.4, 0.5) is 0 Å². The second-order valence-electron chi connectivity index (χ2n) is 8.25. The van der Waals surface area contributed by atoms with Crippen molar-refractivity contribution in [2.45, 2.75) is 37.0 Å². The number of benzene rings is 1. The van der Waals surface area contributed by atoms with Crippen molar-refractivity contribution in [1.82, 2.24) is 19.9 Å². The third-order valence-corrected chi connectivity index (χ3v) is 9.14. The van der Waals surface area contributed by atoms with Crippen molar-refractivity contribution >= 4 is 54.7 Å². The third kappa shape index (κ3) is 5.48. The van der Waals surface area contributed by atoms with E-state index in [1.807, 2.05) is 12.1 Å². The Kier molecular flexibility index (Phi) is 7.36. The molecule has 3 aromatic rings. The number of nitrogens with one attached hydrogen (secondary N) is 1. The number of aromatic nitrogens is 3. The Bertz CT molecular complexity index is 1330. The highest BCUT2D eigenvalue weighted by atomic mass is 35.5. The maximum atomic E-state index is 13.1. The van der Waals surface area contributed by atoms with Gasteiger partial charge in [-0.3, -0.25) is 9.59 Å². The zero-order chi connectivity index (χ0) is 24.5. The summed E-state index contributed by atoms with van der Waals surface area (Å²) in [4.78, 5) is 33.8. The van der Waals surface area contributed by atoms with Crippen molar-refractivity contribution in [1.29, 1.82) is 0 Å². The second-order valence-corrected chi connectivity index (χ2v) is 11.9. The molecule has 9 nitrogen and oxygen atoms in total. The molecule has 0 radical (unpaired) electrons. The molecule has 1 atom stereocenters. The molecule has 1 unspecified atom stereocenters. The Morgan fingerprint density at radius 2 is 2.09 bits per heavy atom. The average Bonchev–Trinajstić information content (AvgIpc) is 3.41. The normalized spacial score (nSPS) is 14.9. The number of amides is 1. The van der Waals surface area contributed by atoms with Gasteiger partial charge in [-0.1, -0.05) is 6.07 Å². The molecule has 1 aliphatic carbocycles. The number of carbonyl (C=O) groups is 2. The predicted octanol–water partition coefficient (Wildman–Crippen LogP) is 3.08. The van der Waals surface area contributed by atoms with E-state index in [1.54, 1.807) is 23.9 Å². The molecule has 1 amide bonds. The fraction of sp³-hybridized carbons (Fsp3) is 0.455. The van der Waals surface area contributed by atoms with Crippen molar-refractivity contribution in [3.63, 3.8) is 0 Å². The van der Waals surface area contributed by atoms with Gasteiger partial charge < -0.3 is 14.6 Å². The first-order chi connectivity index (χ1) is 16.2. The lowest BCUT2D eigenvalue weighted by atomic mass is 10.1. The van der Waals surface area contributed by atoms with E-state index in [1.165, 1.54) is 7.11 Å². The number of hydrogen-bond donors (Lipinski definition) is 1. The predicted molar refractivity (Wildman–Crippen MR) is 131 cm³/mol. The van der Waals surface area contributed by atoms with Crippen molar-refractivity contribution in [3.8, 4) is 11.3 Å². The summed E-state index contributed by atoms with van der Waals surface area (Å²) in [6.45, 7) is -0.0371. The number of halogens is 1. The number of ether oxygens (including phenoxy) is 1. The molecule has 0 saturated heterocycles. The summed E-state index contributed by atoms with van der Waals surface area (Å²) in [6, 6.07) is 5.67. The first-order valence-corrected chi connectivity index (χ1v) is 13.7. The highest BCUT2D eigenvalue weighted by molar-refractivity contribution is 7.92. The van der Waals surface area contributed by atoms with E-state index < -0.39 is 20.9 Å². The van der Waals surface area contributed by atoms with Crippen LogP contribution in [0.1, 0.15) is 35.9 Å². The van der Waals surface area contributed by atoms with Crippen molar-refractivity contribution in [3.05, 3.63) is 34.7 Å². The zero-order valence-electron chi connectivity index (χ0n) is 18.8. The number of sulfone groups is 1. The molecule has 0 spiro atoms. The quantitative estimate of drug-likeness (QED) is 0.409. The fourth-order valence-corrected chi connectivity index (χ4v) is 6.82. The van der Waals surface area contributed by atoms with Gasteiger partial charge in [-0.25, -0.2) is 18.4 Å². The molecule has 4 rings (SSSR count). The van der Waals surface area contributed by atoms with Crippen molar-refractivity contribution in [2.24, 2.45) is 7.05 Å². The fourth-order valence-electron chi connectivity index (χ4n) is 3.57. The van der Waals surface area contributed by atoms with Gasteiger partial charge in [-0.15, -0.1) is 11.3 Å². The number of rotatable bonds is 11. The Hall–Kier alpha value is -2.34. The Balaban J connectivity index is 1.64. The number of methoxy groups -OCH3 is 1. The van der Waals surface area contributed by atoms with Crippen LogP contribution in [-0.4, -0.2) is 60.2 Å². The number of ketones is 1. The van der Waals surface area contributed by atoms with Crippen LogP contribution in [0.3, 0.4) is 0 Å². The highest BCUT2D eigenvalue weighted by Gasteiger charge is 2.36. The van der Waals surface area contributed by atoms with Gasteiger partial charge in [-0.05, 0) is 36.6 Å². The standard InChI is InChI=1S/C22H25ClN4O5S2/c1-27-16(12-24-22(27)23)13-3-6-15-18(11-13)33-21(26-15)20(34(30,31)10-9-32-2)17(28)7-8-19(29)25-14-4-5-14/h3,6,11-12,14,20H,4-5,7-10H2,1-2H3,(H,25,29). The molecule has 1 saturated carbocycles. The molecule has 1 aliphatic rings. The Morgan fingerprint density at radius 3 is 2.74 bits per heavy atom. The molecule has 2 heterocycles. The summed E-state index contributed by atoms with van der Waals surface area (Å²) in [6.07, 6.45) is 3.30. The van der Waals surface area contributed by atoms with Crippen LogP contribution in [0, 0.1) is 0 Å². The van der Waals surface area contributed by atoms with Crippen LogP contribution >= 0.6 is 22.9 Å². The molecule has 0 bridgehead atoms. The number of nitrogens with zero attached hydrogens (tertiary/aromatic N) is 3. The monoisotopic (exact) mass is 524 g/mol. The number of Topliss-reactive ketones (excluding diaryl/α,β-unsaturated/α-hetero) is 1. The van der Waals surface area contributed by atoms with E-state index in [0.29, 0.717) is 10.8 Å². The lowest BCUT2D eigenvalue weighted by molar-refractivity contribution is -0.125. The van der Waals surface area contributed by atoms with Gasteiger partial charge in [0, 0.05) is 38.6 Å². The SMILES string of the molecule is COCCS(=O)(=O)C(C(=O)CCC(=O)NC1CC1)c1nc2ccc(-c3cnc(Cl)n3C)cc2s1. The number of carbonyl (C=O) groups excluding carboxylic acids is 2. The Morgan fingerprint density at radius 1 is 1.32 bits per heavy atom. The van der Waals surface area contributed by atoms with Gasteiger partial charge in [0.25, 0.3) is 0 Å². The van der Waals surface area contributed by atoms with Gasteiger partial charge in [0.15, 0.2) is 20.9 Å². The van der Waals surface area contributed by atoms with E-state index in [2.05, 4.69) is 15.3 Å². The van der Waals surface area contributed by atoms with Crippen LogP contribution in [0.5, 0.6) is 0 Å². The minimum Gasteiger partial charge on any atom is -0.384 e. The number of thiazole rings is 1. The lowest BCUT2D eigenvalue weighted by Gasteiger charge is -2.14. The highest BCUT2D eigenvalue weighted by Crippen LogP contribution is 2.35. The molecule has 1 aromatic carbocycles. The average molecular weight is 525 g/mol. The summed E-state index contributed by atoms with van der Waals surface area (Å²) in [5.41, 5.74) is 2.22. The van der Waals surface area contributed by atoms with E-state index in [9.17, 15) is 18.0 Å². The maximum absolute atomic E-state index is 13.1. The van der Waals surface area contributed by atoms with E-state index in [-0.39, 0.29) is 42.2 Å². The molecule has 12 heteroatoms. The van der Waals surface area contributed by atoms with Gasteiger partial charge in [0.1, 0.15) is 5.01 Å². The number of imidazole rings is 1. The Labute approximate surface area is 206 Å². The largest absolute Gasteiger partial charge is 0.384 e. The second kappa shape index (κ2) is 10.1. The molecule has 2 aromatic heterocycles. The van der Waals surface area contributed by atoms with Crippen molar-refractivity contribution in [2.75, 3.05) is 19.5 Å². The van der Waals surface area contributed by atoms with Crippen LogP contribution in [0.15, 0.2) is 24.4 Å². The smallest absolute Gasteiger partial charge is 0.220 e. The molecular formula is C22H25ClN4O5S2. The van der Waals surface area contributed by atoms with Crippen LogP contribution in [0.2, 0.25) is 5.28 Å². The minimum atomic E-state index is -3.90. The summed E-state index contributed by atoms with van der Waals surface area (Å²) in [7, 11) is -0.702. The van der Waals surface area contributed by atoms with Crippen LogP contribution < -0.4 is 5.32 Å². The lowest BCUT2D eigenvalue weighted by Crippen LogP contribution is -2.29. The zero-order valence-corrected chi connectivity index (χ0v) is 21.2. The van der Waals surface area contributed by atoms with Gasteiger partial charge in [-0.2, -0.15) is 0 Å². The van der Waals surface area contributed by atoms with Crippen LogP contribution in [0.25, 0.3) is 21.5 Å². The first-order valence-electron chi connectivity index (χ1n) is 10.8. The molecule has 34 heavy (non-hydrogen) atoms. The summed E-state index contributed by atoms with van der Waals surface area (Å²) in [5.74, 6) is -1.10. The topological polar surface area (TPSA) is 120 Å². The first kappa shape index (κ1) is 24.8. The molecule has 1 N–H and O–H groups in total. The molecule has 1 fully saturated rings. The molecule has 0 aliphatic heterocycles. The maximum Gasteiger partial charge on any atom is 0.220 e. The number of hydrogen-bond acceptors (Lipinski definition) is 8. The summed E-state index contributed by atoms with van der Waals surface area (Å²) in [5, 5.41) is 1.92. The third-order valence-electron chi connectivity index (χ3n) is 5.62. The molecule has 182 valence electrons. The van der Waals surface area contributed by atoms with Crippen molar-refractivity contribution < 1.29 is 22.7 Å². The van der Waals surface area contributed by atoms with Crippen LogP contribution in [-0.2, 0) is 31.2 Å². The molecular weight excluding hydrogens is 500 g/mol. The van der Waals surface area contributed by atoms with E-state index in [4.69, 9.17) is 16.3 Å². The van der Waals surface area contributed by atoms with Gasteiger partial charge in [0.2, 0.25) is 11.2 Å². The van der Waals surface area contributed by atoms with Gasteiger partial charge >= 0.3 is 0 Å². The summed E-state index contributed by atoms with van der Waals surface area (Å²) < 4.78 is 33.6. The van der Waals surface area contributed by atoms with E-state index in [0.717, 1.165) is 40.1 Å². The van der Waals surface area contributed by atoms with E-state index >= 15 is 0 Å².